The van der Waals surface area contributed by atoms with Gasteiger partial charge in [-0.3, -0.25) is 4.57 Å². The Morgan fingerprint density at radius 2 is 2.11 bits per heavy atom. The van der Waals surface area contributed by atoms with Crippen LogP contribution in [0.4, 0.5) is 5.95 Å². The standard InChI is InChI=1S/C13H22N4OS/c1-2-19-13-15-14-12(16-7-3-4-8-16)17(13)10-11-6-5-9-18-11/h11H,2-10H2,1H3/t11-/m1/s1. The van der Waals surface area contributed by atoms with Crippen LogP contribution in [0.5, 0.6) is 0 Å². The first-order chi connectivity index (χ1) is 9.38. The Kier molecular flexibility index (Phi) is 4.28. The summed E-state index contributed by atoms with van der Waals surface area (Å²) in [4.78, 5) is 2.36. The molecule has 3 rings (SSSR count). The summed E-state index contributed by atoms with van der Waals surface area (Å²) in [6.07, 6.45) is 5.22. The van der Waals surface area contributed by atoms with Gasteiger partial charge in [0.1, 0.15) is 0 Å². The van der Waals surface area contributed by atoms with Crippen LogP contribution >= 0.6 is 11.8 Å². The van der Waals surface area contributed by atoms with Gasteiger partial charge in [0.15, 0.2) is 5.16 Å². The summed E-state index contributed by atoms with van der Waals surface area (Å²) in [6, 6.07) is 0. The van der Waals surface area contributed by atoms with Crippen molar-refractivity contribution in [1.82, 2.24) is 14.8 Å². The van der Waals surface area contributed by atoms with Crippen molar-refractivity contribution in [3.63, 3.8) is 0 Å². The molecule has 5 nitrogen and oxygen atoms in total. The van der Waals surface area contributed by atoms with E-state index in [-0.39, 0.29) is 0 Å². The molecule has 2 aliphatic heterocycles. The summed E-state index contributed by atoms with van der Waals surface area (Å²) in [5.41, 5.74) is 0. The van der Waals surface area contributed by atoms with Crippen LogP contribution in [0.2, 0.25) is 0 Å². The number of nitrogens with zero attached hydrogens (tertiary/aromatic N) is 4. The fourth-order valence-electron chi connectivity index (χ4n) is 2.82. The van der Waals surface area contributed by atoms with Crippen LogP contribution < -0.4 is 4.90 Å². The Balaban J connectivity index is 1.81. The summed E-state index contributed by atoms with van der Waals surface area (Å²) < 4.78 is 8.05. The maximum Gasteiger partial charge on any atom is 0.228 e. The number of hydrogen-bond donors (Lipinski definition) is 0. The lowest BCUT2D eigenvalue weighted by Crippen LogP contribution is -2.25. The molecule has 1 aromatic heterocycles. The largest absolute Gasteiger partial charge is 0.376 e. The molecule has 0 saturated carbocycles. The summed E-state index contributed by atoms with van der Waals surface area (Å²) in [6.45, 7) is 6.19. The zero-order chi connectivity index (χ0) is 13.1. The van der Waals surface area contributed by atoms with Crippen LogP contribution in [0.1, 0.15) is 32.6 Å². The fourth-order valence-corrected chi connectivity index (χ4v) is 3.49. The second-order valence-electron chi connectivity index (χ2n) is 5.16. The highest BCUT2D eigenvalue weighted by Gasteiger charge is 2.24. The van der Waals surface area contributed by atoms with Gasteiger partial charge in [-0.1, -0.05) is 18.7 Å². The second-order valence-corrected chi connectivity index (χ2v) is 6.39. The van der Waals surface area contributed by atoms with Gasteiger partial charge < -0.3 is 9.64 Å². The average Bonchev–Trinajstić information content (AvgIpc) is 3.12. The molecule has 0 bridgehead atoms. The van der Waals surface area contributed by atoms with Crippen LogP contribution in [0, 0.1) is 0 Å². The number of aromatic nitrogens is 3. The molecule has 0 amide bonds. The molecule has 0 N–H and O–H groups in total. The molecule has 0 spiro atoms. The van der Waals surface area contributed by atoms with Crippen molar-refractivity contribution in [2.24, 2.45) is 0 Å². The second kappa shape index (κ2) is 6.13. The Morgan fingerprint density at radius 1 is 1.26 bits per heavy atom. The molecule has 0 aromatic carbocycles. The lowest BCUT2D eigenvalue weighted by molar-refractivity contribution is 0.0952. The van der Waals surface area contributed by atoms with Crippen molar-refractivity contribution >= 4 is 17.7 Å². The molecule has 1 aromatic rings. The topological polar surface area (TPSA) is 43.2 Å². The minimum atomic E-state index is 0.341. The molecule has 1 atom stereocenters. The Labute approximate surface area is 118 Å². The van der Waals surface area contributed by atoms with Crippen molar-refractivity contribution in [3.05, 3.63) is 0 Å². The SMILES string of the molecule is CCSc1nnc(N2CCCC2)n1C[C@H]1CCCO1. The number of rotatable bonds is 5. The maximum atomic E-state index is 5.77. The van der Waals surface area contributed by atoms with E-state index < -0.39 is 0 Å². The number of thioether (sulfide) groups is 1. The van der Waals surface area contributed by atoms with Crippen LogP contribution in [-0.4, -0.2) is 46.3 Å². The lowest BCUT2D eigenvalue weighted by Gasteiger charge is -2.20. The first-order valence-corrected chi connectivity index (χ1v) is 8.29. The molecule has 106 valence electrons. The van der Waals surface area contributed by atoms with Crippen LogP contribution in [0.3, 0.4) is 0 Å². The summed E-state index contributed by atoms with van der Waals surface area (Å²) >= 11 is 1.77. The zero-order valence-corrected chi connectivity index (χ0v) is 12.4. The third kappa shape index (κ3) is 2.89. The number of hydrogen-bond acceptors (Lipinski definition) is 5. The van der Waals surface area contributed by atoms with E-state index in [1.165, 1.54) is 19.3 Å². The summed E-state index contributed by atoms with van der Waals surface area (Å²) in [5.74, 6) is 2.08. The summed E-state index contributed by atoms with van der Waals surface area (Å²) in [5, 5.41) is 9.83. The molecule has 2 aliphatic rings. The first-order valence-electron chi connectivity index (χ1n) is 7.31. The molecule has 0 radical (unpaired) electrons. The van der Waals surface area contributed by atoms with Crippen molar-refractivity contribution in [3.8, 4) is 0 Å². The third-order valence-corrected chi connectivity index (χ3v) is 4.62. The van der Waals surface area contributed by atoms with Gasteiger partial charge in [-0.2, -0.15) is 0 Å². The van der Waals surface area contributed by atoms with E-state index in [9.17, 15) is 0 Å². The van der Waals surface area contributed by atoms with Crippen molar-refractivity contribution in [2.75, 3.05) is 30.3 Å². The number of anilines is 1. The van der Waals surface area contributed by atoms with E-state index >= 15 is 0 Å². The van der Waals surface area contributed by atoms with E-state index in [1.54, 1.807) is 11.8 Å². The van der Waals surface area contributed by atoms with E-state index in [2.05, 4.69) is 26.6 Å². The van der Waals surface area contributed by atoms with Gasteiger partial charge >= 0.3 is 0 Å². The Morgan fingerprint density at radius 3 is 2.79 bits per heavy atom. The van der Waals surface area contributed by atoms with E-state index in [0.29, 0.717) is 6.10 Å². The molecule has 6 heteroatoms. The fraction of sp³-hybridized carbons (Fsp3) is 0.846. The predicted octanol–water partition coefficient (Wildman–Crippen LogP) is 2.17. The Hall–Kier alpha value is -0.750. The van der Waals surface area contributed by atoms with E-state index in [1.807, 2.05) is 0 Å². The highest BCUT2D eigenvalue weighted by Crippen LogP contribution is 2.26. The molecule has 2 fully saturated rings. The smallest absolute Gasteiger partial charge is 0.228 e. The van der Waals surface area contributed by atoms with Crippen LogP contribution in [0.25, 0.3) is 0 Å². The maximum absolute atomic E-state index is 5.77. The molecule has 2 saturated heterocycles. The number of ether oxygens (including phenoxy) is 1. The van der Waals surface area contributed by atoms with Crippen LogP contribution in [-0.2, 0) is 11.3 Å². The minimum absolute atomic E-state index is 0.341. The molecule has 0 aliphatic carbocycles. The van der Waals surface area contributed by atoms with E-state index in [0.717, 1.165) is 49.5 Å². The third-order valence-electron chi connectivity index (χ3n) is 3.77. The van der Waals surface area contributed by atoms with E-state index in [4.69, 9.17) is 4.74 Å². The van der Waals surface area contributed by atoms with Gasteiger partial charge in [0.05, 0.1) is 12.6 Å². The Bertz CT molecular complexity index is 411. The predicted molar refractivity (Wildman–Crippen MR) is 76.8 cm³/mol. The van der Waals surface area contributed by atoms with Gasteiger partial charge in [-0.15, -0.1) is 10.2 Å². The first kappa shape index (κ1) is 13.2. The zero-order valence-electron chi connectivity index (χ0n) is 11.5. The molecule has 19 heavy (non-hydrogen) atoms. The van der Waals surface area contributed by atoms with Crippen molar-refractivity contribution in [2.45, 2.75) is 50.4 Å². The molecular formula is C13H22N4OS. The van der Waals surface area contributed by atoms with Crippen molar-refractivity contribution < 1.29 is 4.74 Å². The van der Waals surface area contributed by atoms with Gasteiger partial charge in [0, 0.05) is 19.7 Å². The average molecular weight is 282 g/mol. The highest BCUT2D eigenvalue weighted by molar-refractivity contribution is 7.99. The van der Waals surface area contributed by atoms with Crippen molar-refractivity contribution in [1.29, 1.82) is 0 Å². The van der Waals surface area contributed by atoms with Gasteiger partial charge in [-0.05, 0) is 31.4 Å². The quantitative estimate of drug-likeness (QED) is 0.774. The van der Waals surface area contributed by atoms with Gasteiger partial charge in [0.25, 0.3) is 0 Å². The minimum Gasteiger partial charge on any atom is -0.376 e. The van der Waals surface area contributed by atoms with Gasteiger partial charge in [0.2, 0.25) is 5.95 Å². The van der Waals surface area contributed by atoms with Gasteiger partial charge in [-0.25, -0.2) is 0 Å². The lowest BCUT2D eigenvalue weighted by atomic mass is 10.2. The normalized spacial score (nSPS) is 23.4. The molecular weight excluding hydrogens is 260 g/mol. The molecule has 3 heterocycles. The van der Waals surface area contributed by atoms with Crippen LogP contribution in [0.15, 0.2) is 5.16 Å². The monoisotopic (exact) mass is 282 g/mol. The molecule has 0 unspecified atom stereocenters. The highest BCUT2D eigenvalue weighted by atomic mass is 32.2. The summed E-state index contributed by atoms with van der Waals surface area (Å²) in [7, 11) is 0.